The molecule has 0 aliphatic rings. The van der Waals surface area contributed by atoms with Crippen molar-refractivity contribution in [1.29, 1.82) is 0 Å². The first-order chi connectivity index (χ1) is 7.22. The van der Waals surface area contributed by atoms with E-state index in [1.807, 2.05) is 0 Å². The van der Waals surface area contributed by atoms with Crippen LogP contribution in [-0.2, 0) is 11.3 Å². The molecule has 5 heteroatoms. The van der Waals surface area contributed by atoms with Gasteiger partial charge in [0.2, 0.25) is 0 Å². The molecule has 0 radical (unpaired) electrons. The lowest BCUT2D eigenvalue weighted by atomic mass is 10.1. The van der Waals surface area contributed by atoms with Gasteiger partial charge in [-0.05, 0) is 0 Å². The van der Waals surface area contributed by atoms with Gasteiger partial charge in [-0.1, -0.05) is 0 Å². The zero-order chi connectivity index (χ0) is 11.3. The first kappa shape index (κ1) is 11.7. The maximum Gasteiger partial charge on any atom is 0.130 e. The Morgan fingerprint density at radius 2 is 1.73 bits per heavy atom. The average molecular weight is 215 g/mol. The highest BCUT2D eigenvalue weighted by Gasteiger charge is 2.12. The van der Waals surface area contributed by atoms with Crippen LogP contribution in [0.15, 0.2) is 12.1 Å². The number of hydrogen-bond acceptors (Lipinski definition) is 4. The summed E-state index contributed by atoms with van der Waals surface area (Å²) in [7, 11) is 2.95. The van der Waals surface area contributed by atoms with Crippen LogP contribution in [-0.4, -0.2) is 20.8 Å². The third-order valence-electron chi connectivity index (χ3n) is 2.04. The number of nitrogens with two attached hydrogens (primary N) is 1. The summed E-state index contributed by atoms with van der Waals surface area (Å²) < 4.78 is 23.2. The summed E-state index contributed by atoms with van der Waals surface area (Å²) in [6.45, 7) is 0.318. The fraction of sp³-hybridized carbons (Fsp3) is 0.400. The molecule has 0 aliphatic heterocycles. The standard InChI is InChI=1S/C10H14FNO3/c1-13-9-5-7(11)6-10(14-2)8(9)3-4-15-12/h5-6H,3-4,12H2,1-2H3. The molecule has 0 atom stereocenters. The van der Waals surface area contributed by atoms with Crippen LogP contribution in [0.1, 0.15) is 5.56 Å². The average Bonchev–Trinajstić information content (AvgIpc) is 2.26. The summed E-state index contributed by atoms with van der Waals surface area (Å²) in [5, 5.41) is 0. The molecule has 0 heterocycles. The zero-order valence-corrected chi connectivity index (χ0v) is 8.75. The molecule has 0 amide bonds. The number of rotatable bonds is 5. The van der Waals surface area contributed by atoms with Crippen molar-refractivity contribution in [3.05, 3.63) is 23.5 Å². The van der Waals surface area contributed by atoms with Gasteiger partial charge in [-0.25, -0.2) is 10.3 Å². The number of ether oxygens (including phenoxy) is 2. The van der Waals surface area contributed by atoms with E-state index in [1.165, 1.54) is 26.4 Å². The molecule has 0 aromatic heterocycles. The summed E-state index contributed by atoms with van der Waals surface area (Å²) in [6.07, 6.45) is 0.503. The maximum absolute atomic E-state index is 13.1. The number of methoxy groups -OCH3 is 2. The monoisotopic (exact) mass is 215 g/mol. The molecule has 1 rings (SSSR count). The van der Waals surface area contributed by atoms with Crippen molar-refractivity contribution in [2.45, 2.75) is 6.42 Å². The lowest BCUT2D eigenvalue weighted by Gasteiger charge is -2.12. The third-order valence-corrected chi connectivity index (χ3v) is 2.04. The molecule has 0 aliphatic carbocycles. The molecule has 0 unspecified atom stereocenters. The molecular formula is C10H14FNO3. The van der Waals surface area contributed by atoms with E-state index >= 15 is 0 Å². The first-order valence-corrected chi connectivity index (χ1v) is 4.45. The Kier molecular flexibility index (Phi) is 4.33. The van der Waals surface area contributed by atoms with Crippen LogP contribution in [0.25, 0.3) is 0 Å². The van der Waals surface area contributed by atoms with Gasteiger partial charge in [-0.3, -0.25) is 0 Å². The second-order valence-electron chi connectivity index (χ2n) is 2.91. The van der Waals surface area contributed by atoms with Crippen LogP contribution < -0.4 is 15.4 Å². The molecular weight excluding hydrogens is 201 g/mol. The fourth-order valence-corrected chi connectivity index (χ4v) is 1.36. The smallest absolute Gasteiger partial charge is 0.130 e. The van der Waals surface area contributed by atoms with E-state index in [4.69, 9.17) is 15.4 Å². The van der Waals surface area contributed by atoms with Crippen LogP contribution in [0.2, 0.25) is 0 Å². The Morgan fingerprint density at radius 1 is 1.20 bits per heavy atom. The second-order valence-corrected chi connectivity index (χ2v) is 2.91. The summed E-state index contributed by atoms with van der Waals surface area (Å²) in [4.78, 5) is 4.47. The molecule has 2 N–H and O–H groups in total. The number of hydrogen-bond donors (Lipinski definition) is 1. The van der Waals surface area contributed by atoms with Crippen molar-refractivity contribution >= 4 is 0 Å². The number of halogens is 1. The van der Waals surface area contributed by atoms with Gasteiger partial charge in [-0.2, -0.15) is 0 Å². The molecule has 1 aromatic rings. The van der Waals surface area contributed by atoms with Gasteiger partial charge in [0.15, 0.2) is 0 Å². The van der Waals surface area contributed by atoms with Crippen molar-refractivity contribution in [2.75, 3.05) is 20.8 Å². The summed E-state index contributed by atoms with van der Waals surface area (Å²) in [5.41, 5.74) is 0.742. The van der Waals surface area contributed by atoms with Crippen LogP contribution in [0.4, 0.5) is 4.39 Å². The predicted octanol–water partition coefficient (Wildman–Crippen LogP) is 1.28. The Balaban J connectivity index is 3.06. The summed E-state index contributed by atoms with van der Waals surface area (Å²) >= 11 is 0. The van der Waals surface area contributed by atoms with Gasteiger partial charge in [0.1, 0.15) is 17.3 Å². The quantitative estimate of drug-likeness (QED) is 0.752. The Labute approximate surface area is 87.7 Å². The van der Waals surface area contributed by atoms with E-state index in [0.717, 1.165) is 5.56 Å². The van der Waals surface area contributed by atoms with Gasteiger partial charge >= 0.3 is 0 Å². The van der Waals surface area contributed by atoms with E-state index in [9.17, 15) is 4.39 Å². The van der Waals surface area contributed by atoms with Crippen molar-refractivity contribution in [2.24, 2.45) is 5.90 Å². The lowest BCUT2D eigenvalue weighted by Crippen LogP contribution is -2.06. The fourth-order valence-electron chi connectivity index (χ4n) is 1.36. The Morgan fingerprint density at radius 3 is 2.13 bits per heavy atom. The van der Waals surface area contributed by atoms with E-state index < -0.39 is 5.82 Å². The maximum atomic E-state index is 13.1. The molecule has 0 saturated carbocycles. The zero-order valence-electron chi connectivity index (χ0n) is 8.75. The molecule has 0 saturated heterocycles. The molecule has 0 fully saturated rings. The minimum Gasteiger partial charge on any atom is -0.496 e. The van der Waals surface area contributed by atoms with Gasteiger partial charge in [0.25, 0.3) is 0 Å². The largest absolute Gasteiger partial charge is 0.496 e. The highest BCUT2D eigenvalue weighted by molar-refractivity contribution is 5.45. The van der Waals surface area contributed by atoms with Gasteiger partial charge < -0.3 is 14.3 Å². The molecule has 15 heavy (non-hydrogen) atoms. The minimum atomic E-state index is -0.402. The van der Waals surface area contributed by atoms with Crippen LogP contribution in [0.5, 0.6) is 11.5 Å². The van der Waals surface area contributed by atoms with Crippen LogP contribution in [0, 0.1) is 5.82 Å². The molecule has 84 valence electrons. The van der Waals surface area contributed by atoms with E-state index in [-0.39, 0.29) is 0 Å². The highest BCUT2D eigenvalue weighted by atomic mass is 19.1. The predicted molar refractivity (Wildman–Crippen MR) is 53.3 cm³/mol. The SMILES string of the molecule is COc1cc(F)cc(OC)c1CCON. The summed E-state index contributed by atoms with van der Waals surface area (Å²) in [6, 6.07) is 2.60. The topological polar surface area (TPSA) is 53.7 Å². The van der Waals surface area contributed by atoms with Crippen molar-refractivity contribution in [1.82, 2.24) is 0 Å². The molecule has 4 nitrogen and oxygen atoms in total. The van der Waals surface area contributed by atoms with E-state index in [2.05, 4.69) is 4.84 Å². The van der Waals surface area contributed by atoms with Gasteiger partial charge in [0.05, 0.1) is 20.8 Å². The third kappa shape index (κ3) is 2.81. The first-order valence-electron chi connectivity index (χ1n) is 4.45. The molecule has 1 aromatic carbocycles. The van der Waals surface area contributed by atoms with E-state index in [0.29, 0.717) is 24.5 Å². The van der Waals surface area contributed by atoms with E-state index in [1.54, 1.807) is 0 Å². The highest BCUT2D eigenvalue weighted by Crippen LogP contribution is 2.30. The van der Waals surface area contributed by atoms with Gasteiger partial charge in [0, 0.05) is 24.1 Å². The number of benzene rings is 1. The van der Waals surface area contributed by atoms with Crippen molar-refractivity contribution in [3.8, 4) is 11.5 Å². The van der Waals surface area contributed by atoms with Crippen molar-refractivity contribution < 1.29 is 18.7 Å². The van der Waals surface area contributed by atoms with Crippen LogP contribution in [0.3, 0.4) is 0 Å². The normalized spacial score (nSPS) is 10.1. The summed E-state index contributed by atoms with van der Waals surface area (Å²) in [5.74, 6) is 5.40. The molecule has 0 spiro atoms. The second kappa shape index (κ2) is 5.53. The lowest BCUT2D eigenvalue weighted by molar-refractivity contribution is 0.140. The van der Waals surface area contributed by atoms with Crippen molar-refractivity contribution in [3.63, 3.8) is 0 Å². The molecule has 0 bridgehead atoms. The Hall–Kier alpha value is -1.33. The minimum absolute atomic E-state index is 0.318. The Bertz CT molecular complexity index is 305. The van der Waals surface area contributed by atoms with Crippen LogP contribution >= 0.6 is 0 Å². The van der Waals surface area contributed by atoms with Gasteiger partial charge in [-0.15, -0.1) is 0 Å².